The van der Waals surface area contributed by atoms with E-state index in [4.69, 9.17) is 9.47 Å². The molecular formula is C24H32O8. The van der Waals surface area contributed by atoms with Crippen molar-refractivity contribution >= 4 is 5.97 Å². The Kier molecular flexibility index (Phi) is 5.36. The smallest absolute Gasteiger partial charge is 0.342 e. The molecule has 1 unspecified atom stereocenters. The van der Waals surface area contributed by atoms with Crippen molar-refractivity contribution in [3.63, 3.8) is 0 Å². The zero-order chi connectivity index (χ0) is 23.6. The number of hydrogen-bond donors (Lipinski definition) is 5. The lowest BCUT2D eigenvalue weighted by atomic mass is 9.43. The second kappa shape index (κ2) is 7.45. The normalized spacial score (nSPS) is 40.1. The van der Waals surface area contributed by atoms with Gasteiger partial charge in [-0.15, -0.1) is 0 Å². The van der Waals surface area contributed by atoms with Crippen LogP contribution in [-0.2, 0) is 4.74 Å². The topological polar surface area (TPSA) is 137 Å². The van der Waals surface area contributed by atoms with Gasteiger partial charge in [-0.25, -0.2) is 4.79 Å². The van der Waals surface area contributed by atoms with Crippen molar-refractivity contribution in [1.29, 1.82) is 0 Å². The van der Waals surface area contributed by atoms with Crippen LogP contribution in [0, 0.1) is 29.6 Å². The number of aromatic hydroxyl groups is 1. The van der Waals surface area contributed by atoms with Gasteiger partial charge in [0.2, 0.25) is 0 Å². The van der Waals surface area contributed by atoms with Crippen molar-refractivity contribution in [2.75, 3.05) is 20.3 Å². The highest BCUT2D eigenvalue weighted by atomic mass is 16.6. The number of rotatable bonds is 5. The lowest BCUT2D eigenvalue weighted by Gasteiger charge is -2.65. The number of fused-ring (bicyclic) bond motifs is 3. The molecule has 7 atom stereocenters. The number of methoxy groups -OCH3 is 1. The summed E-state index contributed by atoms with van der Waals surface area (Å²) in [5, 5.41) is 53.1. The molecule has 0 radical (unpaired) electrons. The number of hydrogen-bond acceptors (Lipinski definition) is 8. The predicted octanol–water partition coefficient (Wildman–Crippen LogP) is 1.30. The molecule has 8 nitrogen and oxygen atoms in total. The third-order valence-electron chi connectivity index (χ3n) is 8.31. The number of aliphatic hydroxyl groups is 4. The van der Waals surface area contributed by atoms with Crippen molar-refractivity contribution in [3.8, 4) is 11.5 Å². The summed E-state index contributed by atoms with van der Waals surface area (Å²) in [6.45, 7) is 4.69. The summed E-state index contributed by atoms with van der Waals surface area (Å²) in [6.07, 6.45) is 0.784. The third kappa shape index (κ3) is 2.86. The third-order valence-corrected chi connectivity index (χ3v) is 8.31. The quantitative estimate of drug-likeness (QED) is 0.336. The van der Waals surface area contributed by atoms with E-state index in [1.54, 1.807) is 19.1 Å². The van der Waals surface area contributed by atoms with Gasteiger partial charge >= 0.3 is 5.97 Å². The Morgan fingerprint density at radius 1 is 1.22 bits per heavy atom. The van der Waals surface area contributed by atoms with Gasteiger partial charge in [0.15, 0.2) is 0 Å². The molecule has 0 spiro atoms. The summed E-state index contributed by atoms with van der Waals surface area (Å²) in [7, 11) is 1.45. The van der Waals surface area contributed by atoms with Crippen LogP contribution in [0.2, 0.25) is 0 Å². The van der Waals surface area contributed by atoms with Crippen LogP contribution in [0.15, 0.2) is 23.8 Å². The fourth-order valence-electron chi connectivity index (χ4n) is 6.48. The van der Waals surface area contributed by atoms with Crippen LogP contribution >= 0.6 is 0 Å². The van der Waals surface area contributed by atoms with Gasteiger partial charge in [0.25, 0.3) is 0 Å². The van der Waals surface area contributed by atoms with E-state index in [9.17, 15) is 30.3 Å². The molecule has 32 heavy (non-hydrogen) atoms. The summed E-state index contributed by atoms with van der Waals surface area (Å²) < 4.78 is 10.8. The van der Waals surface area contributed by atoms with Gasteiger partial charge < -0.3 is 35.0 Å². The number of phenols is 1. The van der Waals surface area contributed by atoms with Crippen molar-refractivity contribution in [1.82, 2.24) is 0 Å². The minimum Gasteiger partial charge on any atom is -0.507 e. The van der Waals surface area contributed by atoms with Crippen LogP contribution in [0.5, 0.6) is 11.5 Å². The first kappa shape index (κ1) is 23.0. The lowest BCUT2D eigenvalue weighted by molar-refractivity contribution is -0.261. The Morgan fingerprint density at radius 2 is 1.91 bits per heavy atom. The summed E-state index contributed by atoms with van der Waals surface area (Å²) >= 11 is 0. The molecule has 4 rings (SSSR count). The Labute approximate surface area is 187 Å². The molecule has 0 bridgehead atoms. The minimum absolute atomic E-state index is 0.0139. The molecule has 5 N–H and O–H groups in total. The average molecular weight is 449 g/mol. The number of aliphatic hydroxyl groups excluding tert-OH is 3. The number of ether oxygens (including phenoxy) is 2. The first-order chi connectivity index (χ1) is 15.0. The van der Waals surface area contributed by atoms with Crippen molar-refractivity contribution in [2.45, 2.75) is 51.4 Å². The van der Waals surface area contributed by atoms with Crippen molar-refractivity contribution in [3.05, 3.63) is 34.9 Å². The molecule has 2 saturated carbocycles. The van der Waals surface area contributed by atoms with E-state index in [1.807, 2.05) is 13.8 Å². The molecule has 0 aromatic heterocycles. The number of aryl methyl sites for hydroxylation is 1. The van der Waals surface area contributed by atoms with E-state index in [0.29, 0.717) is 23.3 Å². The summed E-state index contributed by atoms with van der Waals surface area (Å²) in [5.74, 6) is -1.13. The second-order valence-electron chi connectivity index (χ2n) is 10.1. The molecule has 0 amide bonds. The predicted molar refractivity (Wildman–Crippen MR) is 114 cm³/mol. The maximum absolute atomic E-state index is 12.9. The average Bonchev–Trinajstić information content (AvgIpc) is 3.00. The molecule has 2 fully saturated rings. The first-order valence-corrected chi connectivity index (χ1v) is 10.9. The number of esters is 1. The van der Waals surface area contributed by atoms with Crippen LogP contribution in [0.3, 0.4) is 0 Å². The highest BCUT2D eigenvalue weighted by molar-refractivity contribution is 5.94. The molecule has 1 aromatic rings. The minimum atomic E-state index is -1.66. The van der Waals surface area contributed by atoms with E-state index < -0.39 is 41.2 Å². The Balaban J connectivity index is 1.65. The molecule has 176 valence electrons. The molecule has 0 aliphatic heterocycles. The van der Waals surface area contributed by atoms with Gasteiger partial charge in [-0.2, -0.15) is 0 Å². The maximum Gasteiger partial charge on any atom is 0.342 e. The largest absolute Gasteiger partial charge is 0.507 e. The van der Waals surface area contributed by atoms with E-state index in [1.165, 1.54) is 13.2 Å². The zero-order valence-electron chi connectivity index (χ0n) is 18.8. The van der Waals surface area contributed by atoms with Gasteiger partial charge in [-0.3, -0.25) is 0 Å². The molecule has 0 heterocycles. The number of allylic oxidation sites excluding steroid dienone is 1. The molecule has 3 aliphatic carbocycles. The van der Waals surface area contributed by atoms with Crippen molar-refractivity contribution in [2.24, 2.45) is 22.7 Å². The van der Waals surface area contributed by atoms with Gasteiger partial charge in [0, 0.05) is 22.8 Å². The van der Waals surface area contributed by atoms with Gasteiger partial charge in [-0.1, -0.05) is 19.9 Å². The number of carbonyl (C=O) groups is 1. The van der Waals surface area contributed by atoms with Gasteiger partial charge in [-0.05, 0) is 42.9 Å². The molecule has 0 saturated heterocycles. The lowest BCUT2D eigenvalue weighted by Crippen LogP contribution is -2.74. The SMILES string of the molecule is COc1cc(C)c(C(=O)O[C@@H]2C[C@]3(C)C4[C@H](C=C(CO)[C@]23O)C[C@@](C)(CO)[C@@H]4O)c(O)c1. The zero-order valence-corrected chi connectivity index (χ0v) is 18.8. The molecular weight excluding hydrogens is 416 g/mol. The second-order valence-corrected chi connectivity index (χ2v) is 10.1. The van der Waals surface area contributed by atoms with Gasteiger partial charge in [0.1, 0.15) is 28.8 Å². The Bertz CT molecular complexity index is 950. The monoisotopic (exact) mass is 448 g/mol. The van der Waals surface area contributed by atoms with Gasteiger partial charge in [0.05, 0.1) is 26.4 Å². The van der Waals surface area contributed by atoms with Crippen molar-refractivity contribution < 1.29 is 39.8 Å². The molecule has 8 heteroatoms. The molecule has 1 aromatic carbocycles. The van der Waals surface area contributed by atoms with Crippen LogP contribution in [0.25, 0.3) is 0 Å². The van der Waals surface area contributed by atoms with Crippen LogP contribution in [0.1, 0.15) is 42.6 Å². The fourth-order valence-corrected chi connectivity index (χ4v) is 6.48. The van der Waals surface area contributed by atoms with Crippen LogP contribution in [-0.4, -0.2) is 69.6 Å². The van der Waals surface area contributed by atoms with E-state index in [-0.39, 0.29) is 36.2 Å². The summed E-state index contributed by atoms with van der Waals surface area (Å²) in [4.78, 5) is 12.9. The number of phenolic OH excluding ortho intramolecular Hbond substituents is 1. The fraction of sp³-hybridized carbons (Fsp3) is 0.625. The van der Waals surface area contributed by atoms with E-state index in [0.717, 1.165) is 0 Å². The Morgan fingerprint density at radius 3 is 2.47 bits per heavy atom. The first-order valence-electron chi connectivity index (χ1n) is 10.9. The number of benzene rings is 1. The van der Waals surface area contributed by atoms with E-state index >= 15 is 0 Å². The highest BCUT2D eigenvalue weighted by Crippen LogP contribution is 2.68. The van der Waals surface area contributed by atoms with Crippen LogP contribution < -0.4 is 4.74 Å². The number of carbonyl (C=O) groups excluding carboxylic acids is 1. The summed E-state index contributed by atoms with van der Waals surface area (Å²) in [6, 6.07) is 2.92. The standard InChI is InChI=1S/C24H32O8/c1-12-5-15(31-4)7-16(27)18(12)21(29)32-17-9-23(3)19-13(6-14(10-25)24(17,23)30)8-22(2,11-26)20(19)28/h5-7,13,17,19-20,25-28,30H,8-11H2,1-4H3/t13-,17-,19?,20-,22+,23-,24+/m1/s1. The summed E-state index contributed by atoms with van der Waals surface area (Å²) in [5.41, 5.74) is -2.41. The van der Waals surface area contributed by atoms with Crippen LogP contribution in [0.4, 0.5) is 0 Å². The van der Waals surface area contributed by atoms with E-state index in [2.05, 4.69) is 0 Å². The highest BCUT2D eigenvalue weighted by Gasteiger charge is 2.74. The molecule has 3 aliphatic rings. The Hall–Kier alpha value is -2.13. The maximum atomic E-state index is 12.9.